The maximum Gasteiger partial charge on any atom is 0.319 e. The van der Waals surface area contributed by atoms with Crippen LogP contribution in [0.2, 0.25) is 0 Å². The van der Waals surface area contributed by atoms with Gasteiger partial charge in [-0.05, 0) is 86.6 Å². The third-order valence-corrected chi connectivity index (χ3v) is 9.27. The number of nitrogens with one attached hydrogen (secondary N) is 2. The highest BCUT2D eigenvalue weighted by molar-refractivity contribution is 7.22. The van der Waals surface area contributed by atoms with Crippen molar-refractivity contribution >= 4 is 33.3 Å². The number of rotatable bonds is 7. The second-order valence-corrected chi connectivity index (χ2v) is 12.4. The van der Waals surface area contributed by atoms with Gasteiger partial charge in [-0.15, -0.1) is 11.3 Å². The molecule has 2 aliphatic carbocycles. The van der Waals surface area contributed by atoms with Crippen molar-refractivity contribution in [2.75, 3.05) is 5.32 Å². The van der Waals surface area contributed by atoms with E-state index in [1.807, 2.05) is 18.3 Å². The van der Waals surface area contributed by atoms with Crippen molar-refractivity contribution < 1.29 is 18.3 Å². The lowest BCUT2D eigenvalue weighted by molar-refractivity contribution is 0.203. The van der Waals surface area contributed by atoms with Crippen LogP contribution in [0.5, 0.6) is 11.5 Å². The van der Waals surface area contributed by atoms with Gasteiger partial charge >= 0.3 is 6.03 Å². The number of aromatic nitrogens is 2. The van der Waals surface area contributed by atoms with Crippen molar-refractivity contribution in [3.63, 3.8) is 0 Å². The number of hydrogen-bond acceptors (Lipinski definition) is 5. The van der Waals surface area contributed by atoms with Crippen molar-refractivity contribution in [1.82, 2.24) is 15.3 Å². The first-order valence-electron chi connectivity index (χ1n) is 14.4. The van der Waals surface area contributed by atoms with E-state index in [1.54, 1.807) is 18.3 Å². The van der Waals surface area contributed by atoms with Crippen LogP contribution in [0, 0.1) is 17.7 Å². The molecule has 3 aromatic heterocycles. The van der Waals surface area contributed by atoms with Gasteiger partial charge in [0.1, 0.15) is 11.9 Å². The molecule has 0 aliphatic heterocycles. The molecule has 3 heterocycles. The number of hydrogen-bond donors (Lipinski definition) is 2. The highest BCUT2D eigenvalue weighted by Crippen LogP contribution is 2.39. The average Bonchev–Trinajstić information content (AvgIpc) is 3.65. The summed E-state index contributed by atoms with van der Waals surface area (Å²) < 4.78 is 35.5. The van der Waals surface area contributed by atoms with Crippen molar-refractivity contribution in [2.24, 2.45) is 11.8 Å². The molecule has 0 spiro atoms. The molecule has 0 saturated heterocycles. The Labute approximate surface area is 242 Å². The second-order valence-electron chi connectivity index (χ2n) is 11.4. The Balaban J connectivity index is 1.14. The van der Waals surface area contributed by atoms with Gasteiger partial charge in [0.15, 0.2) is 11.6 Å². The van der Waals surface area contributed by atoms with Crippen molar-refractivity contribution in [3.05, 3.63) is 66.2 Å². The number of anilines is 1. The smallest absolute Gasteiger partial charge is 0.319 e. The number of pyridine rings is 2. The third kappa shape index (κ3) is 6.84. The van der Waals surface area contributed by atoms with E-state index >= 15 is 0 Å². The van der Waals surface area contributed by atoms with E-state index in [0.717, 1.165) is 59.3 Å². The molecule has 3 unspecified atom stereocenters. The lowest BCUT2D eigenvalue weighted by atomic mass is 9.79. The van der Waals surface area contributed by atoms with Crippen LogP contribution in [0.25, 0.3) is 20.8 Å². The number of carbonyl (C=O) groups excluding carboxylic acids is 1. The first kappa shape index (κ1) is 27.6. The number of alkyl halides is 1. The molecule has 0 bridgehead atoms. The van der Waals surface area contributed by atoms with Gasteiger partial charge in [-0.1, -0.05) is 19.4 Å². The minimum absolute atomic E-state index is 0.0635. The molecule has 2 aliphatic rings. The van der Waals surface area contributed by atoms with Gasteiger partial charge in [0, 0.05) is 36.3 Å². The Morgan fingerprint density at radius 1 is 1.02 bits per heavy atom. The monoisotopic (exact) mass is 576 g/mol. The van der Waals surface area contributed by atoms with Gasteiger partial charge in [0.25, 0.3) is 0 Å². The highest BCUT2D eigenvalue weighted by Gasteiger charge is 2.24. The fraction of sp³-hybridized carbons (Fsp3) is 0.406. The van der Waals surface area contributed by atoms with Crippen LogP contribution in [-0.2, 0) is 6.42 Å². The second kappa shape index (κ2) is 12.1. The van der Waals surface area contributed by atoms with Crippen molar-refractivity contribution in [1.29, 1.82) is 0 Å². The number of amides is 2. The van der Waals surface area contributed by atoms with Crippen LogP contribution in [0.3, 0.4) is 0 Å². The molecular formula is C32H34F2N4O2S. The summed E-state index contributed by atoms with van der Waals surface area (Å²) in [7, 11) is 0. The minimum atomic E-state index is -0.645. The minimum Gasteiger partial charge on any atom is -0.453 e. The molecule has 4 aromatic rings. The summed E-state index contributed by atoms with van der Waals surface area (Å²) in [5.41, 5.74) is 3.15. The summed E-state index contributed by atoms with van der Waals surface area (Å²) in [5, 5.41) is 5.47. The topological polar surface area (TPSA) is 76.1 Å². The number of carbonyl (C=O) groups is 1. The third-order valence-electron chi connectivity index (χ3n) is 8.11. The Morgan fingerprint density at radius 2 is 1.90 bits per heavy atom. The summed E-state index contributed by atoms with van der Waals surface area (Å²) in [6.07, 6.45) is 10.2. The molecule has 9 heteroatoms. The van der Waals surface area contributed by atoms with Gasteiger partial charge in [-0.2, -0.15) is 0 Å². The Kier molecular flexibility index (Phi) is 8.14. The molecule has 1 aromatic carbocycles. The molecular weight excluding hydrogens is 542 g/mol. The van der Waals surface area contributed by atoms with Gasteiger partial charge in [-0.3, -0.25) is 9.97 Å². The molecule has 2 amide bonds. The zero-order valence-electron chi connectivity index (χ0n) is 23.0. The van der Waals surface area contributed by atoms with Gasteiger partial charge in [0.05, 0.1) is 20.8 Å². The molecule has 214 valence electrons. The predicted octanol–water partition coefficient (Wildman–Crippen LogP) is 8.67. The van der Waals surface area contributed by atoms with Crippen LogP contribution in [-0.4, -0.2) is 28.2 Å². The molecule has 3 atom stereocenters. The summed E-state index contributed by atoms with van der Waals surface area (Å²) in [6, 6.07) is 12.1. The molecule has 6 nitrogen and oxygen atoms in total. The normalized spacial score (nSPS) is 21.2. The van der Waals surface area contributed by atoms with Crippen molar-refractivity contribution in [2.45, 2.75) is 70.5 Å². The summed E-state index contributed by atoms with van der Waals surface area (Å²) in [5.74, 6) is 1.05. The Bertz CT molecular complexity index is 1520. The number of urea groups is 1. The fourth-order valence-corrected chi connectivity index (χ4v) is 6.53. The molecule has 41 heavy (non-hydrogen) atoms. The van der Waals surface area contributed by atoms with Gasteiger partial charge in [0.2, 0.25) is 0 Å². The summed E-state index contributed by atoms with van der Waals surface area (Å²) >= 11 is 1.50. The van der Waals surface area contributed by atoms with E-state index in [9.17, 15) is 13.6 Å². The highest BCUT2D eigenvalue weighted by atomic mass is 32.1. The van der Waals surface area contributed by atoms with E-state index < -0.39 is 12.0 Å². The number of nitrogens with zero attached hydrogens (tertiary/aromatic N) is 2. The van der Waals surface area contributed by atoms with Crippen LogP contribution in [0.15, 0.2) is 54.9 Å². The maximum atomic E-state index is 14.9. The average molecular weight is 577 g/mol. The van der Waals surface area contributed by atoms with Gasteiger partial charge < -0.3 is 15.4 Å². The van der Waals surface area contributed by atoms with Crippen molar-refractivity contribution in [3.8, 4) is 22.1 Å². The molecule has 2 N–H and O–H groups in total. The first-order chi connectivity index (χ1) is 19.9. The molecule has 2 saturated carbocycles. The summed E-state index contributed by atoms with van der Waals surface area (Å²) in [6.45, 7) is 2.25. The number of ether oxygens (including phenoxy) is 1. The van der Waals surface area contributed by atoms with Crippen LogP contribution >= 0.6 is 11.3 Å². The van der Waals surface area contributed by atoms with E-state index in [2.05, 4.69) is 28.6 Å². The zero-order chi connectivity index (χ0) is 28.3. The van der Waals surface area contributed by atoms with E-state index in [-0.39, 0.29) is 17.8 Å². The van der Waals surface area contributed by atoms with Crippen LogP contribution in [0.4, 0.5) is 19.3 Å². The number of benzene rings is 1. The molecule has 0 radical (unpaired) electrons. The number of fused-ring (bicyclic) bond motifs is 1. The number of halogens is 2. The SMILES string of the molecule is CC1CCC(F)CCCC1Cc1ccc(-c2cc3nccc(Oc4ccc(NC(=O)NC5CC5)cc4F)c3s2)nc1. The lowest BCUT2D eigenvalue weighted by Gasteiger charge is -2.27. The van der Waals surface area contributed by atoms with E-state index in [0.29, 0.717) is 36.1 Å². The van der Waals surface area contributed by atoms with E-state index in [4.69, 9.17) is 9.72 Å². The molecule has 2 fully saturated rings. The largest absolute Gasteiger partial charge is 0.453 e. The Morgan fingerprint density at radius 3 is 2.68 bits per heavy atom. The van der Waals surface area contributed by atoms with Crippen LogP contribution in [0.1, 0.15) is 57.4 Å². The van der Waals surface area contributed by atoms with Crippen LogP contribution < -0.4 is 15.4 Å². The Hall–Kier alpha value is -3.59. The quantitative estimate of drug-likeness (QED) is 0.231. The standard InChI is InChI=1S/C32H34F2N4O2S/c1-19-5-7-22(33)4-2-3-21(19)15-20-6-11-26(36-18-20)30-17-27-31(41-30)29(13-14-35-27)40-28-12-10-24(16-25(28)34)38-32(39)37-23-8-9-23/h6,10-14,16-19,21-23H,2-5,7-9,15H2,1H3,(H2,37,38,39). The predicted molar refractivity (Wildman–Crippen MR) is 159 cm³/mol. The summed E-state index contributed by atoms with van der Waals surface area (Å²) in [4.78, 5) is 22.2. The zero-order valence-corrected chi connectivity index (χ0v) is 23.9. The lowest BCUT2D eigenvalue weighted by Crippen LogP contribution is -2.30. The van der Waals surface area contributed by atoms with E-state index in [1.165, 1.54) is 29.0 Å². The number of thiophene rings is 1. The molecule has 6 rings (SSSR count). The fourth-order valence-electron chi connectivity index (χ4n) is 5.49. The maximum absolute atomic E-state index is 14.9. The first-order valence-corrected chi connectivity index (χ1v) is 15.3. The van der Waals surface area contributed by atoms with Gasteiger partial charge in [-0.25, -0.2) is 13.6 Å².